The summed E-state index contributed by atoms with van der Waals surface area (Å²) in [5, 5.41) is 16.9. The average molecular weight is 392 g/mol. The average Bonchev–Trinajstić information content (AvgIpc) is 3.14. The first kappa shape index (κ1) is 20.8. The molecule has 146 valence electrons. The highest BCUT2D eigenvalue weighted by Crippen LogP contribution is 2.27. The Morgan fingerprint density at radius 2 is 1.89 bits per heavy atom. The third kappa shape index (κ3) is 6.61. The fourth-order valence-corrected chi connectivity index (χ4v) is 3.74. The molecule has 27 heavy (non-hydrogen) atoms. The van der Waals surface area contributed by atoms with Crippen LogP contribution in [0.15, 0.2) is 35.7 Å². The van der Waals surface area contributed by atoms with Crippen LogP contribution >= 0.6 is 11.8 Å². The number of phenols is 1. The number of aromatic hydroxyl groups is 1. The van der Waals surface area contributed by atoms with E-state index in [9.17, 15) is 19.5 Å². The molecule has 0 spiro atoms. The zero-order valence-corrected chi connectivity index (χ0v) is 15.8. The van der Waals surface area contributed by atoms with E-state index in [0.29, 0.717) is 6.42 Å². The molecule has 1 aromatic carbocycles. The molecule has 3 atom stereocenters. The van der Waals surface area contributed by atoms with Gasteiger partial charge in [0.25, 0.3) is 5.91 Å². The van der Waals surface area contributed by atoms with E-state index in [2.05, 4.69) is 16.1 Å². The fourth-order valence-electron chi connectivity index (χ4n) is 2.77. The van der Waals surface area contributed by atoms with Crippen LogP contribution < -0.4 is 21.9 Å². The molecule has 0 aromatic heterocycles. The monoisotopic (exact) mass is 392 g/mol. The zero-order chi connectivity index (χ0) is 19.8. The van der Waals surface area contributed by atoms with Gasteiger partial charge in [0.2, 0.25) is 11.8 Å². The lowest BCUT2D eigenvalue weighted by Gasteiger charge is -2.24. The number of allylic oxidation sites excluding steroid dienone is 1. The first-order valence-corrected chi connectivity index (χ1v) is 9.49. The first-order valence-electron chi connectivity index (χ1n) is 8.55. The van der Waals surface area contributed by atoms with Crippen molar-refractivity contribution in [3.05, 3.63) is 41.3 Å². The number of phenolic OH excluding ortho intramolecular Hbond substituents is 1. The van der Waals surface area contributed by atoms with Gasteiger partial charge in [0, 0.05) is 18.6 Å². The number of hydrogen-bond acceptors (Lipinski definition) is 6. The van der Waals surface area contributed by atoms with Crippen LogP contribution in [-0.4, -0.2) is 40.2 Å². The summed E-state index contributed by atoms with van der Waals surface area (Å²) in [5.41, 5.74) is 2.79. The Kier molecular flexibility index (Phi) is 7.68. The number of carbonyl (C=O) groups excluding carboxylic acids is 3. The van der Waals surface area contributed by atoms with Gasteiger partial charge in [0.05, 0.1) is 0 Å². The van der Waals surface area contributed by atoms with Crippen molar-refractivity contribution >= 4 is 29.5 Å². The van der Waals surface area contributed by atoms with Gasteiger partial charge in [-0.15, -0.1) is 11.8 Å². The Morgan fingerprint density at radius 3 is 2.44 bits per heavy atom. The maximum Gasteiger partial charge on any atom is 0.256 e. The number of benzene rings is 1. The number of nitrogens with one attached hydrogen (secondary N) is 3. The molecular formula is C18H24N4O4S. The van der Waals surface area contributed by atoms with E-state index >= 15 is 0 Å². The molecule has 0 aliphatic carbocycles. The highest BCUT2D eigenvalue weighted by atomic mass is 32.2. The van der Waals surface area contributed by atoms with E-state index in [1.165, 1.54) is 19.1 Å². The molecule has 0 saturated heterocycles. The molecule has 8 nitrogen and oxygen atoms in total. The van der Waals surface area contributed by atoms with Gasteiger partial charge in [-0.3, -0.25) is 19.8 Å². The second-order valence-corrected chi connectivity index (χ2v) is 7.51. The predicted molar refractivity (Wildman–Crippen MR) is 103 cm³/mol. The summed E-state index contributed by atoms with van der Waals surface area (Å²) >= 11 is 1.61. The molecule has 2 rings (SSSR count). The van der Waals surface area contributed by atoms with Crippen molar-refractivity contribution < 1.29 is 19.5 Å². The number of hydrogen-bond donors (Lipinski definition) is 5. The summed E-state index contributed by atoms with van der Waals surface area (Å²) < 4.78 is 0. The van der Waals surface area contributed by atoms with Gasteiger partial charge in [-0.05, 0) is 35.9 Å². The number of nitrogens with two attached hydrogens (primary N) is 1. The van der Waals surface area contributed by atoms with Crippen molar-refractivity contribution in [1.82, 2.24) is 16.1 Å². The summed E-state index contributed by atoms with van der Waals surface area (Å²) in [6.45, 7) is 1.35. The van der Waals surface area contributed by atoms with Crippen molar-refractivity contribution in [2.24, 2.45) is 5.84 Å². The Hall–Kier alpha value is -2.52. The van der Waals surface area contributed by atoms with Crippen LogP contribution in [-0.2, 0) is 20.8 Å². The van der Waals surface area contributed by atoms with Gasteiger partial charge in [0.15, 0.2) is 0 Å². The summed E-state index contributed by atoms with van der Waals surface area (Å²) in [6, 6.07) is 4.66. The van der Waals surface area contributed by atoms with Gasteiger partial charge < -0.3 is 15.7 Å². The summed E-state index contributed by atoms with van der Waals surface area (Å²) in [6.07, 6.45) is 3.50. The lowest BCUT2D eigenvalue weighted by Crippen LogP contribution is -2.55. The topological polar surface area (TPSA) is 134 Å². The predicted octanol–water partition coefficient (Wildman–Crippen LogP) is 0.323. The highest BCUT2D eigenvalue weighted by molar-refractivity contribution is 8.03. The van der Waals surface area contributed by atoms with Crippen LogP contribution in [0.25, 0.3) is 0 Å². The molecule has 1 aliphatic rings. The molecule has 1 aromatic rings. The van der Waals surface area contributed by atoms with Gasteiger partial charge in [-0.2, -0.15) is 0 Å². The number of thioether (sulfide) groups is 1. The largest absolute Gasteiger partial charge is 0.508 e. The van der Waals surface area contributed by atoms with Crippen LogP contribution in [0, 0.1) is 0 Å². The quantitative estimate of drug-likeness (QED) is 0.246. The van der Waals surface area contributed by atoms with Crippen molar-refractivity contribution in [1.29, 1.82) is 0 Å². The van der Waals surface area contributed by atoms with Crippen LogP contribution in [0.5, 0.6) is 5.75 Å². The SMILES string of the molecule is CC(=O)N[C@@H](CC1CC=CS1)C(=O)N[C@@H](Cc1ccc(O)cc1)C(=O)NN. The molecule has 6 N–H and O–H groups in total. The third-order valence-electron chi connectivity index (χ3n) is 4.11. The molecule has 0 fully saturated rings. The van der Waals surface area contributed by atoms with Crippen molar-refractivity contribution in [2.75, 3.05) is 0 Å². The van der Waals surface area contributed by atoms with Crippen LogP contribution in [0.2, 0.25) is 0 Å². The minimum Gasteiger partial charge on any atom is -0.508 e. The number of rotatable bonds is 8. The molecule has 3 amide bonds. The van der Waals surface area contributed by atoms with Gasteiger partial charge in [-0.1, -0.05) is 18.2 Å². The van der Waals surface area contributed by atoms with E-state index < -0.39 is 23.9 Å². The van der Waals surface area contributed by atoms with E-state index in [1.54, 1.807) is 23.9 Å². The molecular weight excluding hydrogens is 368 g/mol. The van der Waals surface area contributed by atoms with E-state index in [1.807, 2.05) is 11.5 Å². The molecule has 1 unspecified atom stereocenters. The Morgan fingerprint density at radius 1 is 1.19 bits per heavy atom. The van der Waals surface area contributed by atoms with E-state index in [0.717, 1.165) is 12.0 Å². The Balaban J connectivity index is 2.07. The van der Waals surface area contributed by atoms with Crippen molar-refractivity contribution in [2.45, 2.75) is 43.5 Å². The molecule has 1 heterocycles. The molecule has 1 aliphatic heterocycles. The lowest BCUT2D eigenvalue weighted by molar-refractivity contribution is -0.131. The smallest absolute Gasteiger partial charge is 0.256 e. The minimum atomic E-state index is -0.905. The van der Waals surface area contributed by atoms with Crippen molar-refractivity contribution in [3.63, 3.8) is 0 Å². The summed E-state index contributed by atoms with van der Waals surface area (Å²) in [5.74, 6) is 4.05. The van der Waals surface area contributed by atoms with Crippen LogP contribution in [0.3, 0.4) is 0 Å². The summed E-state index contributed by atoms with van der Waals surface area (Å²) in [4.78, 5) is 36.3. The highest BCUT2D eigenvalue weighted by Gasteiger charge is 2.28. The van der Waals surface area contributed by atoms with E-state index in [4.69, 9.17) is 5.84 Å². The zero-order valence-electron chi connectivity index (χ0n) is 15.0. The third-order valence-corrected chi connectivity index (χ3v) is 5.23. The van der Waals surface area contributed by atoms with Crippen molar-refractivity contribution in [3.8, 4) is 5.75 Å². The van der Waals surface area contributed by atoms with Gasteiger partial charge in [-0.25, -0.2) is 5.84 Å². The molecule has 0 bridgehead atoms. The van der Waals surface area contributed by atoms with Crippen LogP contribution in [0.1, 0.15) is 25.3 Å². The fraction of sp³-hybridized carbons (Fsp3) is 0.389. The minimum absolute atomic E-state index is 0.107. The molecule has 0 radical (unpaired) electrons. The number of hydrazine groups is 1. The summed E-state index contributed by atoms with van der Waals surface area (Å²) in [7, 11) is 0. The van der Waals surface area contributed by atoms with Gasteiger partial charge in [0.1, 0.15) is 17.8 Å². The lowest BCUT2D eigenvalue weighted by atomic mass is 10.0. The second kappa shape index (κ2) is 9.98. The van der Waals surface area contributed by atoms with E-state index in [-0.39, 0.29) is 23.3 Å². The standard InChI is InChI=1S/C18H24N4O4S/c1-11(23)20-16(10-14-3-2-8-27-14)17(25)21-15(18(26)22-19)9-12-4-6-13(24)7-5-12/h2,4-8,14-16,24H,3,9-10,19H2,1H3,(H,20,23)(H,21,25)(H,22,26)/t14?,15-,16-/m0/s1. The maximum absolute atomic E-state index is 12.7. The van der Waals surface area contributed by atoms with Crippen LogP contribution in [0.4, 0.5) is 0 Å². The van der Waals surface area contributed by atoms with Gasteiger partial charge >= 0.3 is 0 Å². The normalized spacial score (nSPS) is 17.8. The second-order valence-electron chi connectivity index (χ2n) is 6.29. The maximum atomic E-state index is 12.7. The number of carbonyl (C=O) groups is 3. The number of amides is 3. The Labute approximate surface area is 161 Å². The molecule has 0 saturated carbocycles. The molecule has 9 heteroatoms. The Bertz CT molecular complexity index is 700. The first-order chi connectivity index (χ1) is 12.9.